The molecule has 1 aliphatic heterocycles. The van der Waals surface area contributed by atoms with Gasteiger partial charge in [-0.1, -0.05) is 6.07 Å². The van der Waals surface area contributed by atoms with Crippen LogP contribution >= 0.6 is 0 Å². The number of amides is 1. The van der Waals surface area contributed by atoms with Gasteiger partial charge >= 0.3 is 0 Å². The van der Waals surface area contributed by atoms with Crippen molar-refractivity contribution in [3.8, 4) is 0 Å². The number of fused-ring (bicyclic) bond motifs is 1. The van der Waals surface area contributed by atoms with E-state index in [0.29, 0.717) is 18.5 Å². The normalized spacial score (nSPS) is 17.2. The predicted molar refractivity (Wildman–Crippen MR) is 80.0 cm³/mol. The maximum Gasteiger partial charge on any atom is 0.243 e. The Morgan fingerprint density at radius 1 is 1.43 bits per heavy atom. The molecule has 1 aliphatic rings. The lowest BCUT2D eigenvalue weighted by Crippen LogP contribution is -2.43. The van der Waals surface area contributed by atoms with Crippen LogP contribution in [0.2, 0.25) is 0 Å². The molecule has 1 saturated heterocycles. The number of likely N-dealkylation sites (tertiary alicyclic amines) is 1. The van der Waals surface area contributed by atoms with Crippen molar-refractivity contribution < 1.29 is 4.79 Å². The molecule has 0 unspecified atom stereocenters. The van der Waals surface area contributed by atoms with Crippen LogP contribution in [0.3, 0.4) is 0 Å². The molecule has 7 nitrogen and oxygen atoms in total. The van der Waals surface area contributed by atoms with Crippen LogP contribution in [0.25, 0.3) is 5.65 Å². The molecule has 0 aromatic carbocycles. The van der Waals surface area contributed by atoms with Gasteiger partial charge in [0.25, 0.3) is 0 Å². The van der Waals surface area contributed by atoms with Crippen LogP contribution in [0.4, 0.5) is 5.95 Å². The van der Waals surface area contributed by atoms with E-state index in [1.807, 2.05) is 29.6 Å². The van der Waals surface area contributed by atoms with Gasteiger partial charge in [0.2, 0.25) is 11.9 Å². The molecule has 0 aliphatic carbocycles. The summed E-state index contributed by atoms with van der Waals surface area (Å²) in [5.74, 6) is 0.400. The third-order valence-electron chi connectivity index (χ3n) is 3.85. The van der Waals surface area contributed by atoms with Crippen LogP contribution in [0.1, 0.15) is 18.5 Å². The fourth-order valence-corrected chi connectivity index (χ4v) is 2.74. The Morgan fingerprint density at radius 3 is 2.86 bits per heavy atom. The van der Waals surface area contributed by atoms with Crippen molar-refractivity contribution in [1.29, 1.82) is 0 Å². The third-order valence-corrected chi connectivity index (χ3v) is 3.85. The molecule has 1 fully saturated rings. The largest absolute Gasteiger partial charge is 0.369 e. The minimum atomic E-state index is -0.265. The number of primary amides is 1. The van der Waals surface area contributed by atoms with E-state index in [9.17, 15) is 4.79 Å². The topological polar surface area (TPSA) is 88.5 Å². The number of hydrogen-bond donors (Lipinski definition) is 2. The van der Waals surface area contributed by atoms with Crippen LogP contribution in [-0.2, 0) is 4.79 Å². The van der Waals surface area contributed by atoms with Gasteiger partial charge in [0.15, 0.2) is 5.65 Å². The first kappa shape index (κ1) is 13.8. The van der Waals surface area contributed by atoms with Gasteiger partial charge in [0, 0.05) is 24.8 Å². The van der Waals surface area contributed by atoms with Crippen molar-refractivity contribution in [3.63, 3.8) is 0 Å². The Kier molecular flexibility index (Phi) is 3.74. The molecule has 3 rings (SSSR count). The average molecular weight is 288 g/mol. The number of hydrogen-bond acceptors (Lipinski definition) is 5. The van der Waals surface area contributed by atoms with Crippen LogP contribution in [0.15, 0.2) is 18.2 Å². The molecular weight excluding hydrogens is 268 g/mol. The van der Waals surface area contributed by atoms with Crippen molar-refractivity contribution in [2.45, 2.75) is 25.8 Å². The highest BCUT2D eigenvalue weighted by atomic mass is 16.1. The first-order valence-electron chi connectivity index (χ1n) is 7.21. The predicted octanol–water partition coefficient (Wildman–Crippen LogP) is 0.399. The third kappa shape index (κ3) is 3.13. The summed E-state index contributed by atoms with van der Waals surface area (Å²) in [6, 6.07) is 6.27. The van der Waals surface area contributed by atoms with E-state index in [1.165, 1.54) is 0 Å². The average Bonchev–Trinajstić information content (AvgIpc) is 2.84. The molecule has 2 aromatic rings. The zero-order valence-electron chi connectivity index (χ0n) is 12.1. The highest BCUT2D eigenvalue weighted by Crippen LogP contribution is 2.15. The minimum absolute atomic E-state index is 0.265. The standard InChI is InChI=1S/C14H20N6O/c1-10-3-2-4-13-17-14(18-20(10)13)16-11-5-7-19(8-6-11)9-12(15)21/h2-4,11H,5-9H2,1H3,(H2,15,21)(H,16,18). The molecule has 3 heterocycles. The molecule has 0 saturated carbocycles. The van der Waals surface area contributed by atoms with Gasteiger partial charge < -0.3 is 11.1 Å². The Bertz CT molecular complexity index is 644. The van der Waals surface area contributed by atoms with E-state index in [1.54, 1.807) is 0 Å². The van der Waals surface area contributed by atoms with E-state index in [-0.39, 0.29) is 5.91 Å². The molecule has 0 atom stereocenters. The summed E-state index contributed by atoms with van der Waals surface area (Å²) in [5.41, 5.74) is 7.13. The number of nitrogens with two attached hydrogens (primary N) is 1. The SMILES string of the molecule is Cc1cccc2nc(NC3CCN(CC(N)=O)CC3)nn12. The van der Waals surface area contributed by atoms with E-state index < -0.39 is 0 Å². The van der Waals surface area contributed by atoms with Crippen LogP contribution in [0.5, 0.6) is 0 Å². The van der Waals surface area contributed by atoms with Crippen LogP contribution < -0.4 is 11.1 Å². The molecule has 1 amide bonds. The Morgan fingerprint density at radius 2 is 2.19 bits per heavy atom. The zero-order valence-corrected chi connectivity index (χ0v) is 12.1. The summed E-state index contributed by atoms with van der Waals surface area (Å²) in [5, 5.41) is 7.87. The lowest BCUT2D eigenvalue weighted by Gasteiger charge is -2.31. The fourth-order valence-electron chi connectivity index (χ4n) is 2.74. The van der Waals surface area contributed by atoms with Gasteiger partial charge in [0.05, 0.1) is 6.54 Å². The number of rotatable bonds is 4. The molecule has 7 heteroatoms. The van der Waals surface area contributed by atoms with Crippen molar-refractivity contribution in [2.75, 3.05) is 25.0 Å². The summed E-state index contributed by atoms with van der Waals surface area (Å²) < 4.78 is 1.84. The van der Waals surface area contributed by atoms with E-state index in [4.69, 9.17) is 5.73 Å². The molecule has 0 bridgehead atoms. The van der Waals surface area contributed by atoms with E-state index in [2.05, 4.69) is 20.3 Å². The van der Waals surface area contributed by atoms with Crippen molar-refractivity contribution in [1.82, 2.24) is 19.5 Å². The summed E-state index contributed by atoms with van der Waals surface area (Å²) >= 11 is 0. The summed E-state index contributed by atoms with van der Waals surface area (Å²) in [6.45, 7) is 4.09. The van der Waals surface area contributed by atoms with Gasteiger partial charge in [-0.05, 0) is 31.9 Å². The lowest BCUT2D eigenvalue weighted by atomic mass is 10.1. The Labute approximate surface area is 123 Å². The molecule has 0 spiro atoms. The summed E-state index contributed by atoms with van der Waals surface area (Å²) in [6.07, 6.45) is 1.92. The number of carbonyl (C=O) groups excluding carboxylic acids is 1. The lowest BCUT2D eigenvalue weighted by molar-refractivity contribution is -0.119. The van der Waals surface area contributed by atoms with Gasteiger partial charge in [-0.25, -0.2) is 4.52 Å². The number of aryl methyl sites for hydroxylation is 1. The minimum Gasteiger partial charge on any atom is -0.369 e. The first-order valence-corrected chi connectivity index (χ1v) is 7.21. The van der Waals surface area contributed by atoms with E-state index >= 15 is 0 Å². The monoisotopic (exact) mass is 288 g/mol. The second kappa shape index (κ2) is 5.69. The second-order valence-corrected chi connectivity index (χ2v) is 5.53. The molecule has 0 radical (unpaired) electrons. The van der Waals surface area contributed by atoms with Gasteiger partial charge in [-0.15, -0.1) is 5.10 Å². The molecule has 3 N–H and O–H groups in total. The van der Waals surface area contributed by atoms with Gasteiger partial charge in [-0.2, -0.15) is 4.98 Å². The number of piperidine rings is 1. The molecular formula is C14H20N6O. The number of nitrogens with one attached hydrogen (secondary N) is 1. The van der Waals surface area contributed by atoms with Crippen molar-refractivity contribution in [2.24, 2.45) is 5.73 Å². The maximum atomic E-state index is 10.9. The van der Waals surface area contributed by atoms with Gasteiger partial charge in [-0.3, -0.25) is 9.69 Å². The smallest absolute Gasteiger partial charge is 0.243 e. The van der Waals surface area contributed by atoms with Gasteiger partial charge in [0.1, 0.15) is 0 Å². The summed E-state index contributed by atoms with van der Waals surface area (Å²) in [7, 11) is 0. The number of carbonyl (C=O) groups is 1. The first-order chi connectivity index (χ1) is 10.1. The Balaban J connectivity index is 1.62. The van der Waals surface area contributed by atoms with E-state index in [0.717, 1.165) is 37.3 Å². The second-order valence-electron chi connectivity index (χ2n) is 5.53. The zero-order chi connectivity index (χ0) is 14.8. The van der Waals surface area contributed by atoms with Crippen molar-refractivity contribution in [3.05, 3.63) is 23.9 Å². The Hall–Kier alpha value is -2.15. The highest BCUT2D eigenvalue weighted by Gasteiger charge is 2.21. The maximum absolute atomic E-state index is 10.9. The highest BCUT2D eigenvalue weighted by molar-refractivity contribution is 5.75. The number of aromatic nitrogens is 3. The quantitative estimate of drug-likeness (QED) is 0.850. The number of nitrogens with zero attached hydrogens (tertiary/aromatic N) is 4. The number of anilines is 1. The molecule has 2 aromatic heterocycles. The summed E-state index contributed by atoms with van der Waals surface area (Å²) in [4.78, 5) is 17.5. The van der Waals surface area contributed by atoms with Crippen molar-refractivity contribution >= 4 is 17.5 Å². The molecule has 112 valence electrons. The fraction of sp³-hybridized carbons (Fsp3) is 0.500. The number of pyridine rings is 1. The molecule has 21 heavy (non-hydrogen) atoms. The van der Waals surface area contributed by atoms with Crippen LogP contribution in [0, 0.1) is 6.92 Å². The van der Waals surface area contributed by atoms with Crippen LogP contribution in [-0.4, -0.2) is 51.1 Å².